The molecule has 2 aromatic heterocycles. The second kappa shape index (κ2) is 8.00. The van der Waals surface area contributed by atoms with E-state index in [1.807, 2.05) is 41.8 Å². The van der Waals surface area contributed by atoms with E-state index in [4.69, 9.17) is 4.74 Å². The monoisotopic (exact) mass is 408 g/mol. The zero-order valence-corrected chi connectivity index (χ0v) is 16.6. The first-order valence-electron chi connectivity index (χ1n) is 8.53. The average molecular weight is 409 g/mol. The lowest BCUT2D eigenvalue weighted by Crippen LogP contribution is -2.22. The molecule has 2 aromatic carbocycles. The van der Waals surface area contributed by atoms with Crippen molar-refractivity contribution in [3.05, 3.63) is 81.3 Å². The minimum Gasteiger partial charge on any atom is -0.495 e. The number of hydrogen-bond acceptors (Lipinski definition) is 6. The van der Waals surface area contributed by atoms with Crippen LogP contribution >= 0.6 is 23.1 Å². The molecule has 0 bridgehead atoms. The van der Waals surface area contributed by atoms with E-state index in [-0.39, 0.29) is 17.1 Å². The van der Waals surface area contributed by atoms with Crippen LogP contribution in [0.15, 0.2) is 76.0 Å². The van der Waals surface area contributed by atoms with Crippen LogP contribution in [0.1, 0.15) is 9.67 Å². The highest BCUT2D eigenvalue weighted by molar-refractivity contribution is 7.99. The van der Waals surface area contributed by atoms with Crippen molar-refractivity contribution in [2.75, 3.05) is 12.9 Å². The van der Waals surface area contributed by atoms with E-state index >= 15 is 0 Å². The first-order valence-corrected chi connectivity index (χ1v) is 10.4. The van der Waals surface area contributed by atoms with Crippen LogP contribution in [0, 0.1) is 0 Å². The van der Waals surface area contributed by atoms with Gasteiger partial charge in [0.05, 0.1) is 34.3 Å². The van der Waals surface area contributed by atoms with Crippen molar-refractivity contribution in [3.63, 3.8) is 0 Å². The summed E-state index contributed by atoms with van der Waals surface area (Å²) in [5.74, 6) is 0.766. The van der Waals surface area contributed by atoms with Crippen LogP contribution in [0.25, 0.3) is 16.6 Å². The fraction of sp³-hybridized carbons (Fsp3) is 0.0952. The molecule has 28 heavy (non-hydrogen) atoms. The van der Waals surface area contributed by atoms with Gasteiger partial charge in [0, 0.05) is 0 Å². The zero-order chi connectivity index (χ0) is 19.5. The van der Waals surface area contributed by atoms with E-state index in [0.29, 0.717) is 32.4 Å². The SMILES string of the molecule is COc1ccccc1-n1c(SCC(=O)c2cccs2)nc2ccccc2c1=O. The molecule has 0 saturated carbocycles. The van der Waals surface area contributed by atoms with Crippen molar-refractivity contribution >= 4 is 39.8 Å². The molecule has 5 nitrogen and oxygen atoms in total. The Hall–Kier alpha value is -2.90. The lowest BCUT2D eigenvalue weighted by Gasteiger charge is -2.15. The second-order valence-corrected chi connectivity index (χ2v) is 7.80. The van der Waals surface area contributed by atoms with E-state index in [1.54, 1.807) is 31.4 Å². The minimum absolute atomic E-state index is 0.00832. The molecule has 0 saturated heterocycles. The maximum Gasteiger partial charge on any atom is 0.266 e. The second-order valence-electron chi connectivity index (χ2n) is 5.91. The number of Topliss-reactive ketones (excluding diaryl/α,β-unsaturated/α-hetero) is 1. The molecule has 0 aliphatic carbocycles. The molecular weight excluding hydrogens is 392 g/mol. The van der Waals surface area contributed by atoms with Crippen LogP contribution in [0.5, 0.6) is 5.75 Å². The number of ether oxygens (including phenoxy) is 1. The smallest absolute Gasteiger partial charge is 0.266 e. The van der Waals surface area contributed by atoms with Crippen molar-refractivity contribution in [1.29, 1.82) is 0 Å². The Labute approximate surface area is 169 Å². The number of thioether (sulfide) groups is 1. The Kier molecular flexibility index (Phi) is 5.27. The summed E-state index contributed by atoms with van der Waals surface area (Å²) in [4.78, 5) is 31.1. The summed E-state index contributed by atoms with van der Waals surface area (Å²) in [5.41, 5.74) is 1.00. The van der Waals surface area contributed by atoms with Crippen LogP contribution in [-0.2, 0) is 0 Å². The van der Waals surface area contributed by atoms with Crippen molar-refractivity contribution in [2.24, 2.45) is 0 Å². The van der Waals surface area contributed by atoms with Gasteiger partial charge in [0.15, 0.2) is 10.9 Å². The number of methoxy groups -OCH3 is 1. The zero-order valence-electron chi connectivity index (χ0n) is 15.0. The summed E-state index contributed by atoms with van der Waals surface area (Å²) in [6.07, 6.45) is 0. The van der Waals surface area contributed by atoms with E-state index < -0.39 is 0 Å². The topological polar surface area (TPSA) is 61.2 Å². The molecule has 0 aliphatic heterocycles. The number of carbonyl (C=O) groups is 1. The third-order valence-electron chi connectivity index (χ3n) is 4.20. The molecule has 4 rings (SSSR count). The molecule has 0 spiro atoms. The number of benzene rings is 2. The Morgan fingerprint density at radius 2 is 1.89 bits per heavy atom. The van der Waals surface area contributed by atoms with E-state index in [0.717, 1.165) is 0 Å². The van der Waals surface area contributed by atoms with E-state index in [9.17, 15) is 9.59 Å². The lowest BCUT2D eigenvalue weighted by molar-refractivity contribution is 0.102. The Bertz CT molecular complexity index is 1200. The third-order valence-corrected chi connectivity index (χ3v) is 6.05. The van der Waals surface area contributed by atoms with Crippen molar-refractivity contribution in [1.82, 2.24) is 9.55 Å². The van der Waals surface area contributed by atoms with Crippen molar-refractivity contribution in [2.45, 2.75) is 5.16 Å². The molecule has 0 atom stereocenters. The molecule has 0 fully saturated rings. The van der Waals surface area contributed by atoms with E-state index in [1.165, 1.54) is 27.7 Å². The summed E-state index contributed by atoms with van der Waals surface area (Å²) in [6.45, 7) is 0. The quantitative estimate of drug-likeness (QED) is 0.268. The van der Waals surface area contributed by atoms with Gasteiger partial charge in [-0.25, -0.2) is 4.98 Å². The number of ketones is 1. The Morgan fingerprint density at radius 1 is 1.11 bits per heavy atom. The standard InChI is InChI=1S/C21H16N2O3S2/c1-26-18-10-5-4-9-16(18)23-20(25)14-7-2-3-8-15(14)22-21(23)28-13-17(24)19-11-6-12-27-19/h2-12H,13H2,1H3. The summed E-state index contributed by atoms with van der Waals surface area (Å²) in [6, 6.07) is 18.1. The molecule has 0 N–H and O–H groups in total. The average Bonchev–Trinajstić information content (AvgIpc) is 3.27. The van der Waals surface area contributed by atoms with Crippen molar-refractivity contribution in [3.8, 4) is 11.4 Å². The maximum atomic E-state index is 13.3. The fourth-order valence-electron chi connectivity index (χ4n) is 2.87. The van der Waals surface area contributed by atoms with Crippen LogP contribution in [0.2, 0.25) is 0 Å². The molecule has 0 amide bonds. The largest absolute Gasteiger partial charge is 0.495 e. The predicted octanol–water partition coefficient (Wildman–Crippen LogP) is 4.43. The fourth-order valence-corrected chi connectivity index (χ4v) is 4.52. The summed E-state index contributed by atoms with van der Waals surface area (Å²) >= 11 is 2.66. The molecule has 7 heteroatoms. The van der Waals surface area contributed by atoms with E-state index in [2.05, 4.69) is 4.98 Å². The molecule has 0 unspecified atom stereocenters. The number of para-hydroxylation sites is 3. The molecule has 0 radical (unpaired) electrons. The Balaban J connectivity index is 1.84. The predicted molar refractivity (Wildman–Crippen MR) is 113 cm³/mol. The number of nitrogens with zero attached hydrogens (tertiary/aromatic N) is 2. The molecule has 140 valence electrons. The van der Waals surface area contributed by atoms with Gasteiger partial charge in [0.25, 0.3) is 5.56 Å². The highest BCUT2D eigenvalue weighted by atomic mass is 32.2. The Morgan fingerprint density at radius 3 is 2.68 bits per heavy atom. The summed E-state index contributed by atoms with van der Waals surface area (Å²) < 4.78 is 6.97. The number of fused-ring (bicyclic) bond motifs is 1. The number of aromatic nitrogens is 2. The van der Waals surface area contributed by atoms with Gasteiger partial charge in [-0.05, 0) is 35.7 Å². The summed E-state index contributed by atoms with van der Waals surface area (Å²) in [5, 5.41) is 2.84. The molecule has 2 heterocycles. The van der Waals surface area contributed by atoms with Gasteiger partial charge in [0.2, 0.25) is 0 Å². The third kappa shape index (κ3) is 3.46. The van der Waals surface area contributed by atoms with Gasteiger partial charge in [0.1, 0.15) is 5.75 Å². The van der Waals surface area contributed by atoms with Gasteiger partial charge in [-0.15, -0.1) is 11.3 Å². The number of carbonyl (C=O) groups excluding carboxylic acids is 1. The van der Waals surface area contributed by atoms with Gasteiger partial charge in [-0.2, -0.15) is 0 Å². The first-order chi connectivity index (χ1) is 13.7. The molecule has 4 aromatic rings. The van der Waals surface area contributed by atoms with Crippen molar-refractivity contribution < 1.29 is 9.53 Å². The number of rotatable bonds is 6. The molecular formula is C21H16N2O3S2. The van der Waals surface area contributed by atoms with Crippen LogP contribution in [0.4, 0.5) is 0 Å². The van der Waals surface area contributed by atoms with Crippen LogP contribution < -0.4 is 10.3 Å². The lowest BCUT2D eigenvalue weighted by atomic mass is 10.2. The van der Waals surface area contributed by atoms with Gasteiger partial charge >= 0.3 is 0 Å². The molecule has 0 aliphatic rings. The first kappa shape index (κ1) is 18.5. The highest BCUT2D eigenvalue weighted by Gasteiger charge is 2.17. The number of thiophene rings is 1. The summed E-state index contributed by atoms with van der Waals surface area (Å²) in [7, 11) is 1.56. The van der Waals surface area contributed by atoms with Gasteiger partial charge in [-0.1, -0.05) is 42.1 Å². The normalized spacial score (nSPS) is 10.9. The van der Waals surface area contributed by atoms with Gasteiger partial charge < -0.3 is 4.74 Å². The maximum absolute atomic E-state index is 13.3. The number of hydrogen-bond donors (Lipinski definition) is 0. The van der Waals surface area contributed by atoms with Crippen LogP contribution in [-0.4, -0.2) is 28.2 Å². The highest BCUT2D eigenvalue weighted by Crippen LogP contribution is 2.27. The minimum atomic E-state index is -0.193. The van der Waals surface area contributed by atoms with Crippen LogP contribution in [0.3, 0.4) is 0 Å². The van der Waals surface area contributed by atoms with Gasteiger partial charge in [-0.3, -0.25) is 14.2 Å².